The zero-order chi connectivity index (χ0) is 16.3. The van der Waals surface area contributed by atoms with E-state index in [0.29, 0.717) is 11.3 Å². The summed E-state index contributed by atoms with van der Waals surface area (Å²) < 4.78 is 5.16. The van der Waals surface area contributed by atoms with Crippen molar-refractivity contribution in [2.75, 3.05) is 18.0 Å². The number of benzene rings is 1. The average molecular weight is 345 g/mol. The summed E-state index contributed by atoms with van der Waals surface area (Å²) >= 11 is 10.8. The van der Waals surface area contributed by atoms with E-state index >= 15 is 0 Å². The van der Waals surface area contributed by atoms with E-state index in [-0.39, 0.29) is 18.9 Å². The molecule has 0 aromatic heterocycles. The van der Waals surface area contributed by atoms with Crippen LogP contribution >= 0.6 is 23.2 Å². The number of rotatable bonds is 5. The van der Waals surface area contributed by atoms with Gasteiger partial charge < -0.3 is 10.1 Å². The van der Waals surface area contributed by atoms with Crippen LogP contribution in [-0.2, 0) is 9.53 Å². The van der Waals surface area contributed by atoms with Gasteiger partial charge in [0, 0.05) is 11.3 Å². The molecule has 1 aliphatic rings. The van der Waals surface area contributed by atoms with Crippen molar-refractivity contribution >= 4 is 46.7 Å². The van der Waals surface area contributed by atoms with Crippen LogP contribution in [0.25, 0.3) is 0 Å². The number of cyclic esters (lactones) is 1. The SMILES string of the molecule is CC(=O)c1ccc(N2C[C@H](CNC(=O)C(Cl)Cl)OC2=O)cc1. The number of Topliss-reactive ketones (excluding diaryl/α,β-unsaturated/α-hetero) is 1. The summed E-state index contributed by atoms with van der Waals surface area (Å²) in [5, 5.41) is 2.49. The standard InChI is InChI=1S/C14H14Cl2N2O4/c1-8(19)9-2-4-10(5-3-9)18-7-11(22-14(18)21)6-17-13(20)12(15)16/h2-5,11-12H,6-7H2,1H3,(H,17,20)/t11-/m0/s1. The van der Waals surface area contributed by atoms with Crippen molar-refractivity contribution in [2.24, 2.45) is 0 Å². The number of ketones is 1. The predicted molar refractivity (Wildman–Crippen MR) is 82.6 cm³/mol. The number of hydrogen-bond donors (Lipinski definition) is 1. The lowest BCUT2D eigenvalue weighted by Crippen LogP contribution is -2.37. The fourth-order valence-electron chi connectivity index (χ4n) is 2.01. The van der Waals surface area contributed by atoms with E-state index in [1.165, 1.54) is 11.8 Å². The maximum Gasteiger partial charge on any atom is 0.414 e. The van der Waals surface area contributed by atoms with Crippen LogP contribution in [0.4, 0.5) is 10.5 Å². The second-order valence-electron chi connectivity index (χ2n) is 4.77. The molecule has 1 N–H and O–H groups in total. The maximum absolute atomic E-state index is 11.9. The van der Waals surface area contributed by atoms with Gasteiger partial charge in [-0.2, -0.15) is 0 Å². The molecule has 0 bridgehead atoms. The molecule has 0 aliphatic carbocycles. The highest BCUT2D eigenvalue weighted by Gasteiger charge is 2.32. The van der Waals surface area contributed by atoms with Crippen LogP contribution in [0.2, 0.25) is 0 Å². The van der Waals surface area contributed by atoms with Gasteiger partial charge in [0.15, 0.2) is 10.6 Å². The molecule has 0 spiro atoms. The van der Waals surface area contributed by atoms with E-state index in [0.717, 1.165) is 0 Å². The van der Waals surface area contributed by atoms with Crippen LogP contribution in [-0.4, -0.2) is 41.8 Å². The second kappa shape index (κ2) is 6.98. The Morgan fingerprint density at radius 1 is 1.36 bits per heavy atom. The van der Waals surface area contributed by atoms with Crippen LogP contribution in [0.1, 0.15) is 17.3 Å². The number of hydrogen-bond acceptors (Lipinski definition) is 4. The lowest BCUT2D eigenvalue weighted by molar-refractivity contribution is -0.119. The number of anilines is 1. The Morgan fingerprint density at radius 2 is 2.00 bits per heavy atom. The molecular weight excluding hydrogens is 331 g/mol. The van der Waals surface area contributed by atoms with Crippen LogP contribution in [0.15, 0.2) is 24.3 Å². The number of halogens is 2. The molecule has 1 aromatic rings. The quantitative estimate of drug-likeness (QED) is 0.655. The lowest BCUT2D eigenvalue weighted by atomic mass is 10.1. The predicted octanol–water partition coefficient (Wildman–Crippen LogP) is 2.13. The monoisotopic (exact) mass is 344 g/mol. The highest BCUT2D eigenvalue weighted by atomic mass is 35.5. The summed E-state index contributed by atoms with van der Waals surface area (Å²) in [5.74, 6) is -0.587. The van der Waals surface area contributed by atoms with E-state index in [2.05, 4.69) is 5.32 Å². The second-order valence-corrected chi connectivity index (χ2v) is 5.86. The van der Waals surface area contributed by atoms with Crippen LogP contribution in [0, 0.1) is 0 Å². The highest BCUT2D eigenvalue weighted by Crippen LogP contribution is 2.22. The summed E-state index contributed by atoms with van der Waals surface area (Å²) in [7, 11) is 0. The minimum absolute atomic E-state index is 0.0483. The van der Waals surface area contributed by atoms with Gasteiger partial charge in [-0.25, -0.2) is 4.79 Å². The number of ether oxygens (including phenoxy) is 1. The summed E-state index contributed by atoms with van der Waals surface area (Å²) in [6, 6.07) is 6.64. The summed E-state index contributed by atoms with van der Waals surface area (Å²) in [6.45, 7) is 1.88. The number of amides is 2. The average Bonchev–Trinajstić information content (AvgIpc) is 2.85. The fraction of sp³-hybridized carbons (Fsp3) is 0.357. The van der Waals surface area contributed by atoms with Gasteiger partial charge in [0.25, 0.3) is 5.91 Å². The molecule has 2 amide bonds. The first-order chi connectivity index (χ1) is 10.4. The molecule has 0 unspecified atom stereocenters. The normalized spacial score (nSPS) is 17.5. The third kappa shape index (κ3) is 3.90. The Bertz CT molecular complexity index is 589. The minimum atomic E-state index is -1.16. The number of nitrogens with one attached hydrogen (secondary N) is 1. The fourth-order valence-corrected chi connectivity index (χ4v) is 2.16. The molecule has 1 aliphatic heterocycles. The van der Waals surface area contributed by atoms with Crippen molar-refractivity contribution in [3.05, 3.63) is 29.8 Å². The first-order valence-electron chi connectivity index (χ1n) is 6.53. The summed E-state index contributed by atoms with van der Waals surface area (Å²) in [5.41, 5.74) is 1.19. The molecule has 1 aromatic carbocycles. The van der Waals surface area contributed by atoms with Crippen molar-refractivity contribution in [2.45, 2.75) is 17.9 Å². The first kappa shape index (κ1) is 16.6. The van der Waals surface area contributed by atoms with Gasteiger partial charge >= 0.3 is 6.09 Å². The van der Waals surface area contributed by atoms with Gasteiger partial charge in [-0.05, 0) is 31.2 Å². The van der Waals surface area contributed by atoms with Crippen molar-refractivity contribution < 1.29 is 19.1 Å². The van der Waals surface area contributed by atoms with E-state index in [1.54, 1.807) is 24.3 Å². The Labute approximate surface area is 137 Å². The van der Waals surface area contributed by atoms with Crippen molar-refractivity contribution in [3.63, 3.8) is 0 Å². The molecule has 1 saturated heterocycles. The van der Waals surface area contributed by atoms with E-state index in [1.807, 2.05) is 0 Å². The summed E-state index contributed by atoms with van der Waals surface area (Å²) in [6.07, 6.45) is -1.00. The zero-order valence-electron chi connectivity index (χ0n) is 11.7. The van der Waals surface area contributed by atoms with Gasteiger partial charge in [0.1, 0.15) is 6.10 Å². The van der Waals surface area contributed by atoms with Crippen LogP contribution in [0.3, 0.4) is 0 Å². The molecule has 1 atom stereocenters. The number of carbonyl (C=O) groups is 3. The van der Waals surface area contributed by atoms with E-state index < -0.39 is 22.9 Å². The molecule has 22 heavy (non-hydrogen) atoms. The minimum Gasteiger partial charge on any atom is -0.442 e. The summed E-state index contributed by atoms with van der Waals surface area (Å²) in [4.78, 5) is 34.6. The van der Waals surface area contributed by atoms with Crippen molar-refractivity contribution in [3.8, 4) is 0 Å². The Kier molecular flexibility index (Phi) is 5.26. The van der Waals surface area contributed by atoms with Gasteiger partial charge in [0.2, 0.25) is 0 Å². The largest absolute Gasteiger partial charge is 0.442 e. The van der Waals surface area contributed by atoms with Gasteiger partial charge in [-0.3, -0.25) is 14.5 Å². The maximum atomic E-state index is 11.9. The van der Waals surface area contributed by atoms with Gasteiger partial charge in [0.05, 0.1) is 13.1 Å². The van der Waals surface area contributed by atoms with Crippen LogP contribution in [0.5, 0.6) is 0 Å². The number of nitrogens with zero attached hydrogens (tertiary/aromatic N) is 1. The molecule has 6 nitrogen and oxygen atoms in total. The van der Waals surface area contributed by atoms with Gasteiger partial charge in [-0.15, -0.1) is 0 Å². The zero-order valence-corrected chi connectivity index (χ0v) is 13.2. The Hall–Kier alpha value is -1.79. The molecule has 0 radical (unpaired) electrons. The molecule has 1 heterocycles. The smallest absolute Gasteiger partial charge is 0.414 e. The van der Waals surface area contributed by atoms with Crippen LogP contribution < -0.4 is 10.2 Å². The number of carbonyl (C=O) groups excluding carboxylic acids is 3. The van der Waals surface area contributed by atoms with Gasteiger partial charge in [-0.1, -0.05) is 23.2 Å². The highest BCUT2D eigenvalue weighted by molar-refractivity contribution is 6.53. The molecule has 8 heteroatoms. The number of alkyl halides is 2. The molecule has 0 saturated carbocycles. The Morgan fingerprint density at radius 3 is 2.55 bits per heavy atom. The molecule has 2 rings (SSSR count). The third-order valence-corrected chi connectivity index (χ3v) is 3.56. The van der Waals surface area contributed by atoms with E-state index in [9.17, 15) is 14.4 Å². The third-order valence-electron chi connectivity index (χ3n) is 3.16. The molecule has 1 fully saturated rings. The van der Waals surface area contributed by atoms with Crippen molar-refractivity contribution in [1.82, 2.24) is 5.32 Å². The Balaban J connectivity index is 1.97. The van der Waals surface area contributed by atoms with E-state index in [4.69, 9.17) is 27.9 Å². The first-order valence-corrected chi connectivity index (χ1v) is 7.41. The topological polar surface area (TPSA) is 75.7 Å². The lowest BCUT2D eigenvalue weighted by Gasteiger charge is -2.13. The molecular formula is C14H14Cl2N2O4. The van der Waals surface area contributed by atoms with Crippen molar-refractivity contribution in [1.29, 1.82) is 0 Å². The molecule has 118 valence electrons.